The SMILES string of the molecule is Cc1cc(/C=C/c2ccnc3ccccc23)ccc1N. The molecule has 0 saturated heterocycles. The van der Waals surface area contributed by atoms with Crippen molar-refractivity contribution in [2.24, 2.45) is 0 Å². The van der Waals surface area contributed by atoms with Crippen LogP contribution in [0.1, 0.15) is 16.7 Å². The number of hydrogen-bond donors (Lipinski definition) is 1. The van der Waals surface area contributed by atoms with Gasteiger partial charge in [-0.3, -0.25) is 4.98 Å². The summed E-state index contributed by atoms with van der Waals surface area (Å²) >= 11 is 0. The minimum Gasteiger partial charge on any atom is -0.399 e. The second-order valence-corrected chi connectivity index (χ2v) is 4.87. The Kier molecular flexibility index (Phi) is 3.21. The van der Waals surface area contributed by atoms with Gasteiger partial charge in [0.05, 0.1) is 5.52 Å². The minimum absolute atomic E-state index is 0.830. The van der Waals surface area contributed by atoms with Crippen LogP contribution in [-0.2, 0) is 0 Å². The second-order valence-electron chi connectivity index (χ2n) is 4.87. The van der Waals surface area contributed by atoms with E-state index in [9.17, 15) is 0 Å². The van der Waals surface area contributed by atoms with Crippen LogP contribution in [0, 0.1) is 6.92 Å². The van der Waals surface area contributed by atoms with Gasteiger partial charge in [-0.15, -0.1) is 0 Å². The number of aryl methyl sites for hydroxylation is 1. The summed E-state index contributed by atoms with van der Waals surface area (Å²) in [5, 5.41) is 1.17. The predicted molar refractivity (Wildman–Crippen MR) is 86.3 cm³/mol. The molecule has 0 fully saturated rings. The molecular formula is C18H16N2. The van der Waals surface area contributed by atoms with E-state index in [1.165, 1.54) is 10.9 Å². The van der Waals surface area contributed by atoms with E-state index in [1.807, 2.05) is 49.5 Å². The third-order valence-corrected chi connectivity index (χ3v) is 3.43. The van der Waals surface area contributed by atoms with E-state index in [4.69, 9.17) is 5.73 Å². The van der Waals surface area contributed by atoms with Gasteiger partial charge in [0.25, 0.3) is 0 Å². The molecule has 2 N–H and O–H groups in total. The van der Waals surface area contributed by atoms with Crippen molar-refractivity contribution in [2.75, 3.05) is 5.73 Å². The van der Waals surface area contributed by atoms with Gasteiger partial charge in [0, 0.05) is 17.3 Å². The quantitative estimate of drug-likeness (QED) is 0.698. The number of anilines is 1. The van der Waals surface area contributed by atoms with E-state index in [0.29, 0.717) is 0 Å². The lowest BCUT2D eigenvalue weighted by Crippen LogP contribution is -1.88. The Morgan fingerprint density at radius 3 is 2.70 bits per heavy atom. The lowest BCUT2D eigenvalue weighted by atomic mass is 10.1. The van der Waals surface area contributed by atoms with Crippen LogP contribution in [0.2, 0.25) is 0 Å². The van der Waals surface area contributed by atoms with E-state index in [1.54, 1.807) is 0 Å². The average Bonchev–Trinajstić information content (AvgIpc) is 2.48. The van der Waals surface area contributed by atoms with E-state index in [2.05, 4.69) is 29.3 Å². The molecular weight excluding hydrogens is 244 g/mol. The van der Waals surface area contributed by atoms with Gasteiger partial charge in [0.15, 0.2) is 0 Å². The van der Waals surface area contributed by atoms with Crippen molar-refractivity contribution in [1.82, 2.24) is 4.98 Å². The van der Waals surface area contributed by atoms with Gasteiger partial charge in [-0.25, -0.2) is 0 Å². The normalized spacial score (nSPS) is 11.2. The number of nitrogen functional groups attached to an aromatic ring is 1. The maximum atomic E-state index is 5.84. The molecule has 2 nitrogen and oxygen atoms in total. The van der Waals surface area contributed by atoms with Crippen LogP contribution in [0.5, 0.6) is 0 Å². The molecule has 0 atom stereocenters. The fourth-order valence-electron chi connectivity index (χ4n) is 2.25. The van der Waals surface area contributed by atoms with E-state index in [-0.39, 0.29) is 0 Å². The van der Waals surface area contributed by atoms with Gasteiger partial charge < -0.3 is 5.73 Å². The first-order valence-electron chi connectivity index (χ1n) is 6.62. The van der Waals surface area contributed by atoms with Crippen molar-refractivity contribution in [2.45, 2.75) is 6.92 Å². The highest BCUT2D eigenvalue weighted by atomic mass is 14.6. The minimum atomic E-state index is 0.830. The summed E-state index contributed by atoms with van der Waals surface area (Å²) in [6, 6.07) is 16.3. The molecule has 20 heavy (non-hydrogen) atoms. The standard InChI is InChI=1S/C18H16N2/c1-13-12-14(7-9-17(13)19)6-8-15-10-11-20-18-5-3-2-4-16(15)18/h2-12H,19H2,1H3/b8-6+. The number of pyridine rings is 1. The number of nitrogens with zero attached hydrogens (tertiary/aromatic N) is 1. The predicted octanol–water partition coefficient (Wildman–Crippen LogP) is 4.30. The average molecular weight is 260 g/mol. The van der Waals surface area contributed by atoms with E-state index < -0.39 is 0 Å². The van der Waals surface area contributed by atoms with Gasteiger partial charge in [0.2, 0.25) is 0 Å². The molecule has 3 rings (SSSR count). The summed E-state index contributed by atoms with van der Waals surface area (Å²) in [6.45, 7) is 2.02. The van der Waals surface area contributed by atoms with Gasteiger partial charge in [-0.05, 0) is 47.9 Å². The summed E-state index contributed by atoms with van der Waals surface area (Å²) in [5.74, 6) is 0. The first kappa shape index (κ1) is 12.4. The van der Waals surface area contributed by atoms with Crippen molar-refractivity contribution in [3.05, 3.63) is 71.4 Å². The maximum absolute atomic E-state index is 5.84. The molecule has 1 heterocycles. The lowest BCUT2D eigenvalue weighted by molar-refractivity contribution is 1.41. The highest BCUT2D eigenvalue weighted by Gasteiger charge is 1.98. The lowest BCUT2D eigenvalue weighted by Gasteiger charge is -2.02. The second kappa shape index (κ2) is 5.17. The van der Waals surface area contributed by atoms with Crippen LogP contribution in [0.15, 0.2) is 54.7 Å². The fourth-order valence-corrected chi connectivity index (χ4v) is 2.25. The zero-order valence-electron chi connectivity index (χ0n) is 11.4. The Bertz CT molecular complexity index is 783. The van der Waals surface area contributed by atoms with Crippen molar-refractivity contribution >= 4 is 28.7 Å². The van der Waals surface area contributed by atoms with Crippen LogP contribution in [-0.4, -0.2) is 4.98 Å². The first-order valence-corrected chi connectivity index (χ1v) is 6.62. The van der Waals surface area contributed by atoms with E-state index >= 15 is 0 Å². The fraction of sp³-hybridized carbons (Fsp3) is 0.0556. The smallest absolute Gasteiger partial charge is 0.0707 e. The number of aromatic nitrogens is 1. The third kappa shape index (κ3) is 2.41. The third-order valence-electron chi connectivity index (χ3n) is 3.43. The summed E-state index contributed by atoms with van der Waals surface area (Å²) < 4.78 is 0. The molecule has 0 aliphatic heterocycles. The molecule has 0 unspecified atom stereocenters. The topological polar surface area (TPSA) is 38.9 Å². The highest BCUT2D eigenvalue weighted by molar-refractivity contribution is 5.90. The van der Waals surface area contributed by atoms with Crippen molar-refractivity contribution in [1.29, 1.82) is 0 Å². The van der Waals surface area contributed by atoms with Gasteiger partial charge >= 0.3 is 0 Å². The first-order chi connectivity index (χ1) is 9.74. The molecule has 0 saturated carbocycles. The Hall–Kier alpha value is -2.61. The Balaban J connectivity index is 2.00. The molecule has 0 bridgehead atoms. The number of nitrogens with two attached hydrogens (primary N) is 1. The van der Waals surface area contributed by atoms with Gasteiger partial charge in [-0.1, -0.05) is 36.4 Å². The van der Waals surface area contributed by atoms with Crippen molar-refractivity contribution in [3.8, 4) is 0 Å². The molecule has 0 radical (unpaired) electrons. The molecule has 2 heteroatoms. The Morgan fingerprint density at radius 1 is 1.00 bits per heavy atom. The van der Waals surface area contributed by atoms with Crippen LogP contribution >= 0.6 is 0 Å². The molecule has 0 amide bonds. The molecule has 2 aromatic carbocycles. The molecule has 0 aliphatic carbocycles. The number of fused-ring (bicyclic) bond motifs is 1. The molecule has 98 valence electrons. The summed E-state index contributed by atoms with van der Waals surface area (Å²) in [6.07, 6.45) is 6.07. The van der Waals surface area contributed by atoms with Crippen molar-refractivity contribution in [3.63, 3.8) is 0 Å². The maximum Gasteiger partial charge on any atom is 0.0707 e. The number of hydrogen-bond acceptors (Lipinski definition) is 2. The molecule has 0 spiro atoms. The summed E-state index contributed by atoms with van der Waals surface area (Å²) in [7, 11) is 0. The van der Waals surface area contributed by atoms with Crippen molar-refractivity contribution < 1.29 is 0 Å². The van der Waals surface area contributed by atoms with E-state index in [0.717, 1.165) is 22.3 Å². The highest BCUT2D eigenvalue weighted by Crippen LogP contribution is 2.20. The zero-order valence-corrected chi connectivity index (χ0v) is 11.4. The van der Waals surface area contributed by atoms with Crippen LogP contribution < -0.4 is 5.73 Å². The Labute approximate surface area is 118 Å². The van der Waals surface area contributed by atoms with Gasteiger partial charge in [-0.2, -0.15) is 0 Å². The number of rotatable bonds is 2. The van der Waals surface area contributed by atoms with Crippen LogP contribution in [0.25, 0.3) is 23.1 Å². The number of para-hydroxylation sites is 1. The van der Waals surface area contributed by atoms with Crippen LogP contribution in [0.3, 0.4) is 0 Å². The van der Waals surface area contributed by atoms with Crippen LogP contribution in [0.4, 0.5) is 5.69 Å². The molecule has 0 aliphatic rings. The monoisotopic (exact) mass is 260 g/mol. The molecule has 1 aromatic heterocycles. The summed E-state index contributed by atoms with van der Waals surface area (Å²) in [5.41, 5.74) is 11.1. The van der Waals surface area contributed by atoms with Gasteiger partial charge in [0.1, 0.15) is 0 Å². The Morgan fingerprint density at radius 2 is 1.85 bits per heavy atom. The largest absolute Gasteiger partial charge is 0.399 e. The zero-order chi connectivity index (χ0) is 13.9. The number of benzene rings is 2. The summed E-state index contributed by atoms with van der Waals surface area (Å²) in [4.78, 5) is 4.37. The molecule has 3 aromatic rings.